The number of alkyl halides is 3. The van der Waals surface area contributed by atoms with Crippen LogP contribution in [0, 0.1) is 13.8 Å². The molecule has 2 heterocycles. The minimum atomic E-state index is -4.32. The number of hydrogen-bond donors (Lipinski definition) is 0. The molecule has 0 N–H and O–H groups in total. The molecule has 4 nitrogen and oxygen atoms in total. The van der Waals surface area contributed by atoms with Crippen LogP contribution in [0.4, 0.5) is 13.2 Å². The molecule has 3 rings (SSSR count). The Kier molecular flexibility index (Phi) is 4.98. The summed E-state index contributed by atoms with van der Waals surface area (Å²) in [6, 6.07) is 5.34. The minimum Gasteiger partial charge on any atom is -0.339 e. The zero-order valence-corrected chi connectivity index (χ0v) is 14.7. The molecule has 1 fully saturated rings. The van der Waals surface area contributed by atoms with Gasteiger partial charge >= 0.3 is 6.18 Å². The van der Waals surface area contributed by atoms with Crippen molar-refractivity contribution in [1.29, 1.82) is 0 Å². The zero-order valence-electron chi connectivity index (χ0n) is 14.7. The van der Waals surface area contributed by atoms with E-state index in [1.807, 2.05) is 0 Å². The van der Waals surface area contributed by atoms with Gasteiger partial charge in [0.2, 0.25) is 0 Å². The van der Waals surface area contributed by atoms with Crippen molar-refractivity contribution in [1.82, 2.24) is 14.9 Å². The van der Waals surface area contributed by atoms with Crippen LogP contribution in [0.3, 0.4) is 0 Å². The van der Waals surface area contributed by atoms with Crippen molar-refractivity contribution in [2.24, 2.45) is 0 Å². The molecule has 7 heteroatoms. The fraction of sp³-hybridized carbons (Fsp3) is 0.421. The van der Waals surface area contributed by atoms with Crippen LogP contribution in [0.5, 0.6) is 0 Å². The highest BCUT2D eigenvalue weighted by Crippen LogP contribution is 2.33. The molecule has 1 aromatic heterocycles. The summed E-state index contributed by atoms with van der Waals surface area (Å²) in [6.45, 7) is 4.70. The van der Waals surface area contributed by atoms with Crippen LogP contribution in [0.15, 0.2) is 30.5 Å². The van der Waals surface area contributed by atoms with Crippen molar-refractivity contribution in [2.45, 2.75) is 38.8 Å². The second kappa shape index (κ2) is 7.05. The summed E-state index contributed by atoms with van der Waals surface area (Å²) < 4.78 is 38.0. The third-order valence-electron chi connectivity index (χ3n) is 4.82. The van der Waals surface area contributed by atoms with Crippen LogP contribution in [-0.4, -0.2) is 33.9 Å². The van der Waals surface area contributed by atoms with Gasteiger partial charge in [-0.05, 0) is 50.3 Å². The van der Waals surface area contributed by atoms with Crippen molar-refractivity contribution in [3.63, 3.8) is 0 Å². The lowest BCUT2D eigenvalue weighted by atomic mass is 9.88. The van der Waals surface area contributed by atoms with E-state index in [2.05, 4.69) is 9.97 Å². The van der Waals surface area contributed by atoms with Gasteiger partial charge in [-0.3, -0.25) is 4.79 Å². The van der Waals surface area contributed by atoms with Gasteiger partial charge in [0.15, 0.2) is 0 Å². The van der Waals surface area contributed by atoms with Crippen molar-refractivity contribution in [2.75, 3.05) is 13.1 Å². The number of nitrogens with zero attached hydrogens (tertiary/aromatic N) is 3. The van der Waals surface area contributed by atoms with Crippen LogP contribution in [0.1, 0.15) is 51.8 Å². The fourth-order valence-corrected chi connectivity index (χ4v) is 3.32. The summed E-state index contributed by atoms with van der Waals surface area (Å²) >= 11 is 0. The number of halogens is 3. The molecule has 0 radical (unpaired) electrons. The number of hydrogen-bond acceptors (Lipinski definition) is 3. The number of likely N-dealkylation sites (tertiary alicyclic amines) is 1. The van der Waals surface area contributed by atoms with Crippen molar-refractivity contribution in [3.05, 3.63) is 58.7 Å². The van der Waals surface area contributed by atoms with Gasteiger partial charge in [-0.1, -0.05) is 12.1 Å². The second-order valence-electron chi connectivity index (χ2n) is 6.60. The summed E-state index contributed by atoms with van der Waals surface area (Å²) in [5.74, 6) is 0.699. The van der Waals surface area contributed by atoms with Crippen molar-refractivity contribution >= 4 is 5.91 Å². The van der Waals surface area contributed by atoms with Crippen LogP contribution >= 0.6 is 0 Å². The number of benzene rings is 1. The maximum Gasteiger partial charge on any atom is 0.416 e. The van der Waals surface area contributed by atoms with Crippen LogP contribution in [-0.2, 0) is 6.18 Å². The molecule has 1 aliphatic heterocycles. The molecular formula is C19H20F3N3O. The van der Waals surface area contributed by atoms with Gasteiger partial charge in [0.1, 0.15) is 5.82 Å². The number of carbonyl (C=O) groups excluding carboxylic acids is 1. The SMILES string of the molecule is Cc1ncc(C(=O)N2CCC(c3ccc(C(F)(F)F)cc3)CC2)c(C)n1. The molecule has 1 aliphatic rings. The van der Waals surface area contributed by atoms with Crippen LogP contribution < -0.4 is 0 Å². The number of piperidine rings is 1. The van der Waals surface area contributed by atoms with Gasteiger partial charge < -0.3 is 4.90 Å². The molecule has 0 saturated carbocycles. The van der Waals surface area contributed by atoms with E-state index in [-0.39, 0.29) is 11.8 Å². The average Bonchev–Trinajstić information content (AvgIpc) is 2.61. The lowest BCUT2D eigenvalue weighted by molar-refractivity contribution is -0.137. The van der Waals surface area contributed by atoms with E-state index in [0.29, 0.717) is 30.2 Å². The predicted octanol–water partition coefficient (Wildman–Crippen LogP) is 4.13. The topological polar surface area (TPSA) is 46.1 Å². The first-order valence-electron chi connectivity index (χ1n) is 8.52. The molecule has 26 heavy (non-hydrogen) atoms. The summed E-state index contributed by atoms with van der Waals surface area (Å²) in [5, 5.41) is 0. The number of rotatable bonds is 2. The Morgan fingerprint density at radius 1 is 1.12 bits per heavy atom. The maximum absolute atomic E-state index is 12.7. The van der Waals surface area contributed by atoms with Gasteiger partial charge in [0, 0.05) is 19.3 Å². The lowest BCUT2D eigenvalue weighted by Gasteiger charge is -2.32. The summed E-state index contributed by atoms with van der Waals surface area (Å²) in [4.78, 5) is 22.7. The molecule has 1 saturated heterocycles. The van der Waals surface area contributed by atoms with E-state index in [9.17, 15) is 18.0 Å². The second-order valence-corrected chi connectivity index (χ2v) is 6.60. The Labute approximate surface area is 150 Å². The van der Waals surface area contributed by atoms with Gasteiger partial charge in [-0.25, -0.2) is 9.97 Å². The first-order valence-corrected chi connectivity index (χ1v) is 8.52. The Hall–Kier alpha value is -2.44. The smallest absolute Gasteiger partial charge is 0.339 e. The molecule has 1 aromatic carbocycles. The number of aromatic nitrogens is 2. The highest BCUT2D eigenvalue weighted by atomic mass is 19.4. The third kappa shape index (κ3) is 3.86. The fourth-order valence-electron chi connectivity index (χ4n) is 3.32. The highest BCUT2D eigenvalue weighted by molar-refractivity contribution is 5.95. The standard InChI is InChI=1S/C19H20F3N3O/c1-12-17(11-23-13(2)24-12)18(26)25-9-7-15(8-10-25)14-3-5-16(6-4-14)19(20,21)22/h3-6,11,15H,7-10H2,1-2H3. The molecule has 1 amide bonds. The largest absolute Gasteiger partial charge is 0.416 e. The van der Waals surface area contributed by atoms with Gasteiger partial charge in [-0.15, -0.1) is 0 Å². The zero-order chi connectivity index (χ0) is 18.9. The minimum absolute atomic E-state index is 0.0895. The Balaban J connectivity index is 1.64. The first-order chi connectivity index (χ1) is 12.3. The van der Waals surface area contributed by atoms with Gasteiger partial charge in [0.25, 0.3) is 5.91 Å². The Morgan fingerprint density at radius 2 is 1.73 bits per heavy atom. The van der Waals surface area contributed by atoms with Crippen molar-refractivity contribution in [3.8, 4) is 0 Å². The van der Waals surface area contributed by atoms with E-state index < -0.39 is 11.7 Å². The van der Waals surface area contributed by atoms with E-state index in [1.54, 1.807) is 37.1 Å². The highest BCUT2D eigenvalue weighted by Gasteiger charge is 2.31. The molecular weight excluding hydrogens is 343 g/mol. The quantitative estimate of drug-likeness (QED) is 0.806. The summed E-state index contributed by atoms with van der Waals surface area (Å²) in [6.07, 6.45) is -1.31. The third-order valence-corrected chi connectivity index (χ3v) is 4.82. The normalized spacial score (nSPS) is 16.0. The Morgan fingerprint density at radius 3 is 2.27 bits per heavy atom. The van der Waals surface area contributed by atoms with Crippen LogP contribution in [0.2, 0.25) is 0 Å². The molecule has 0 aliphatic carbocycles. The Bertz CT molecular complexity index is 795. The van der Waals surface area contributed by atoms with Gasteiger partial charge in [0.05, 0.1) is 16.8 Å². The average molecular weight is 363 g/mol. The molecule has 2 aromatic rings. The first kappa shape index (κ1) is 18.4. The van der Waals surface area contributed by atoms with E-state index in [0.717, 1.165) is 30.5 Å². The maximum atomic E-state index is 12.7. The molecule has 138 valence electrons. The molecule has 0 bridgehead atoms. The molecule has 0 spiro atoms. The predicted molar refractivity (Wildman–Crippen MR) is 90.8 cm³/mol. The van der Waals surface area contributed by atoms with E-state index in [4.69, 9.17) is 0 Å². The lowest BCUT2D eigenvalue weighted by Crippen LogP contribution is -2.38. The number of amides is 1. The molecule has 0 unspecified atom stereocenters. The van der Waals surface area contributed by atoms with Crippen molar-refractivity contribution < 1.29 is 18.0 Å². The van der Waals surface area contributed by atoms with E-state index in [1.165, 1.54) is 0 Å². The number of carbonyl (C=O) groups is 1. The summed E-state index contributed by atoms with van der Waals surface area (Å²) in [5.41, 5.74) is 1.42. The van der Waals surface area contributed by atoms with Gasteiger partial charge in [-0.2, -0.15) is 13.2 Å². The molecule has 0 atom stereocenters. The monoisotopic (exact) mass is 363 g/mol. The summed E-state index contributed by atoms with van der Waals surface area (Å²) in [7, 11) is 0. The van der Waals surface area contributed by atoms with Crippen LogP contribution in [0.25, 0.3) is 0 Å². The van der Waals surface area contributed by atoms with E-state index >= 15 is 0 Å². The number of aryl methyl sites for hydroxylation is 2.